The molecule has 1 aliphatic rings. The Balaban J connectivity index is 2.48. The maximum atomic E-state index is 14.0. The Morgan fingerprint density at radius 3 is 2.79 bits per heavy atom. The molecule has 6 nitrogen and oxygen atoms in total. The summed E-state index contributed by atoms with van der Waals surface area (Å²) >= 11 is 0. The highest BCUT2D eigenvalue weighted by molar-refractivity contribution is 6.41. The first-order chi connectivity index (χ1) is 9.10. The quantitative estimate of drug-likeness (QED) is 0.466. The Labute approximate surface area is 108 Å². The van der Waals surface area contributed by atoms with E-state index in [1.54, 1.807) is 6.92 Å². The van der Waals surface area contributed by atoms with Crippen LogP contribution in [0.4, 0.5) is 4.39 Å². The maximum absolute atomic E-state index is 14.0. The van der Waals surface area contributed by atoms with Crippen LogP contribution in [0.1, 0.15) is 17.3 Å². The first kappa shape index (κ1) is 13.1. The van der Waals surface area contributed by atoms with E-state index in [4.69, 9.17) is 14.2 Å². The summed E-state index contributed by atoms with van der Waals surface area (Å²) in [4.78, 5) is 23.3. The summed E-state index contributed by atoms with van der Waals surface area (Å²) in [5.74, 6) is -3.44. The van der Waals surface area contributed by atoms with Gasteiger partial charge in [0.15, 0.2) is 11.5 Å². The lowest BCUT2D eigenvalue weighted by Crippen LogP contribution is -2.18. The van der Waals surface area contributed by atoms with Crippen LogP contribution in [0, 0.1) is 5.82 Å². The lowest BCUT2D eigenvalue weighted by atomic mass is 10.1. The second kappa shape index (κ2) is 5.13. The van der Waals surface area contributed by atoms with E-state index in [1.807, 2.05) is 0 Å². The van der Waals surface area contributed by atoms with Crippen LogP contribution in [0.25, 0.3) is 0 Å². The van der Waals surface area contributed by atoms with Crippen LogP contribution in [0.5, 0.6) is 17.2 Å². The van der Waals surface area contributed by atoms with Gasteiger partial charge in [0.05, 0.1) is 19.3 Å². The van der Waals surface area contributed by atoms with Crippen molar-refractivity contribution in [2.75, 3.05) is 20.5 Å². The maximum Gasteiger partial charge on any atom is 0.379 e. The molecule has 0 radical (unpaired) electrons. The number of methoxy groups -OCH3 is 1. The van der Waals surface area contributed by atoms with E-state index >= 15 is 0 Å². The molecule has 0 unspecified atom stereocenters. The Bertz CT molecular complexity index is 540. The van der Waals surface area contributed by atoms with E-state index in [1.165, 1.54) is 13.2 Å². The van der Waals surface area contributed by atoms with Crippen LogP contribution in [0.15, 0.2) is 6.07 Å². The second-order valence-electron chi connectivity index (χ2n) is 3.55. The average molecular weight is 270 g/mol. The van der Waals surface area contributed by atoms with E-state index in [-0.39, 0.29) is 36.2 Å². The molecule has 2 rings (SSSR count). The molecular weight excluding hydrogens is 259 g/mol. The van der Waals surface area contributed by atoms with Crippen LogP contribution >= 0.6 is 0 Å². The van der Waals surface area contributed by atoms with Gasteiger partial charge in [-0.25, -0.2) is 4.79 Å². The number of fused-ring (bicyclic) bond motifs is 1. The molecule has 0 saturated heterocycles. The number of ketones is 1. The van der Waals surface area contributed by atoms with Crippen LogP contribution in [-0.2, 0) is 9.53 Å². The zero-order valence-corrected chi connectivity index (χ0v) is 10.3. The predicted molar refractivity (Wildman–Crippen MR) is 60.0 cm³/mol. The summed E-state index contributed by atoms with van der Waals surface area (Å²) < 4.78 is 33.3. The van der Waals surface area contributed by atoms with Crippen molar-refractivity contribution in [2.24, 2.45) is 0 Å². The predicted octanol–water partition coefficient (Wildman–Crippen LogP) is 1.31. The van der Waals surface area contributed by atoms with Gasteiger partial charge >= 0.3 is 5.97 Å². The molecule has 102 valence electrons. The highest BCUT2D eigenvalue weighted by Crippen LogP contribution is 2.42. The Morgan fingerprint density at radius 2 is 2.16 bits per heavy atom. The van der Waals surface area contributed by atoms with Gasteiger partial charge in [0.25, 0.3) is 5.78 Å². The molecule has 0 fully saturated rings. The summed E-state index contributed by atoms with van der Waals surface area (Å²) in [6.07, 6.45) is 0. The molecular formula is C12H11FO6. The molecule has 19 heavy (non-hydrogen) atoms. The first-order valence-electron chi connectivity index (χ1n) is 5.47. The fourth-order valence-electron chi connectivity index (χ4n) is 1.66. The summed E-state index contributed by atoms with van der Waals surface area (Å²) in [6, 6.07) is 1.20. The van der Waals surface area contributed by atoms with Crippen molar-refractivity contribution in [3.05, 3.63) is 17.4 Å². The van der Waals surface area contributed by atoms with Crippen LogP contribution in [0.2, 0.25) is 0 Å². The van der Waals surface area contributed by atoms with E-state index in [2.05, 4.69) is 4.74 Å². The minimum Gasteiger partial charge on any atom is -0.493 e. The molecule has 1 heterocycles. The number of halogens is 1. The van der Waals surface area contributed by atoms with Gasteiger partial charge in [0, 0.05) is 0 Å². The molecule has 0 aliphatic carbocycles. The number of ether oxygens (including phenoxy) is 4. The Kier molecular flexibility index (Phi) is 3.55. The third kappa shape index (κ3) is 2.18. The Hall–Kier alpha value is -2.31. The summed E-state index contributed by atoms with van der Waals surface area (Å²) in [6.45, 7) is 1.44. The first-order valence-corrected chi connectivity index (χ1v) is 5.47. The molecule has 0 spiro atoms. The largest absolute Gasteiger partial charge is 0.493 e. The number of Topliss-reactive ketones (excluding diaryl/α,β-unsaturated/α-hetero) is 1. The minimum atomic E-state index is -1.08. The fourth-order valence-corrected chi connectivity index (χ4v) is 1.66. The van der Waals surface area contributed by atoms with Gasteiger partial charge in [-0.2, -0.15) is 4.39 Å². The molecule has 1 aromatic rings. The van der Waals surface area contributed by atoms with Crippen molar-refractivity contribution in [3.8, 4) is 17.2 Å². The molecule has 0 amide bonds. The summed E-state index contributed by atoms with van der Waals surface area (Å²) in [5, 5.41) is 0. The molecule has 1 aromatic carbocycles. The van der Waals surface area contributed by atoms with Gasteiger partial charge in [0.1, 0.15) is 0 Å². The molecule has 1 aliphatic heterocycles. The van der Waals surface area contributed by atoms with E-state index in [9.17, 15) is 14.0 Å². The van der Waals surface area contributed by atoms with Crippen LogP contribution in [-0.4, -0.2) is 32.3 Å². The molecule has 0 N–H and O–H groups in total. The van der Waals surface area contributed by atoms with E-state index in [0.717, 1.165) is 0 Å². The molecule has 0 aromatic heterocycles. The van der Waals surface area contributed by atoms with Crippen molar-refractivity contribution in [1.29, 1.82) is 0 Å². The Morgan fingerprint density at radius 1 is 1.42 bits per heavy atom. The lowest BCUT2D eigenvalue weighted by Gasteiger charge is -2.10. The standard InChI is InChI=1S/C12H11FO6/c1-3-17-12(15)9(14)6-4-7-11(19-5-18-7)8(13)10(6)16-2/h4H,3,5H2,1-2H3. The normalized spacial score (nSPS) is 12.2. The summed E-state index contributed by atoms with van der Waals surface area (Å²) in [7, 11) is 1.18. The monoisotopic (exact) mass is 270 g/mol. The van der Waals surface area contributed by atoms with Gasteiger partial charge in [0.2, 0.25) is 18.4 Å². The number of benzene rings is 1. The average Bonchev–Trinajstić information content (AvgIpc) is 2.86. The zero-order valence-electron chi connectivity index (χ0n) is 10.3. The van der Waals surface area contributed by atoms with Gasteiger partial charge in [-0.05, 0) is 13.0 Å². The molecule has 0 atom stereocenters. The molecule has 0 saturated carbocycles. The minimum absolute atomic E-state index is 0.0416. The number of rotatable bonds is 4. The topological polar surface area (TPSA) is 71.1 Å². The van der Waals surface area contributed by atoms with Crippen LogP contribution in [0.3, 0.4) is 0 Å². The van der Waals surface area contributed by atoms with Crippen LogP contribution < -0.4 is 14.2 Å². The lowest BCUT2D eigenvalue weighted by molar-refractivity contribution is -0.137. The van der Waals surface area contributed by atoms with Gasteiger partial charge in [-0.3, -0.25) is 4.79 Å². The third-order valence-electron chi connectivity index (χ3n) is 2.47. The van der Waals surface area contributed by atoms with Crippen molar-refractivity contribution < 1.29 is 32.9 Å². The van der Waals surface area contributed by atoms with Crippen molar-refractivity contribution >= 4 is 11.8 Å². The van der Waals surface area contributed by atoms with Gasteiger partial charge < -0.3 is 18.9 Å². The van der Waals surface area contributed by atoms with Gasteiger partial charge in [-0.15, -0.1) is 0 Å². The smallest absolute Gasteiger partial charge is 0.379 e. The number of carbonyl (C=O) groups is 2. The third-order valence-corrected chi connectivity index (χ3v) is 2.47. The number of esters is 1. The molecule has 7 heteroatoms. The highest BCUT2D eigenvalue weighted by Gasteiger charge is 2.31. The number of carbonyl (C=O) groups excluding carboxylic acids is 2. The van der Waals surface area contributed by atoms with Gasteiger partial charge in [-0.1, -0.05) is 0 Å². The van der Waals surface area contributed by atoms with E-state index in [0.29, 0.717) is 0 Å². The number of hydrogen-bond acceptors (Lipinski definition) is 6. The van der Waals surface area contributed by atoms with Crippen molar-refractivity contribution in [1.82, 2.24) is 0 Å². The summed E-state index contributed by atoms with van der Waals surface area (Å²) in [5.41, 5.74) is -0.261. The fraction of sp³-hybridized carbons (Fsp3) is 0.333. The number of hydrogen-bond donors (Lipinski definition) is 0. The van der Waals surface area contributed by atoms with E-state index < -0.39 is 17.6 Å². The van der Waals surface area contributed by atoms with Crippen molar-refractivity contribution in [3.63, 3.8) is 0 Å². The SMILES string of the molecule is CCOC(=O)C(=O)c1cc2c(c(F)c1OC)OCO2. The molecule has 0 bridgehead atoms. The second-order valence-corrected chi connectivity index (χ2v) is 3.55. The highest BCUT2D eigenvalue weighted by atomic mass is 19.1. The zero-order chi connectivity index (χ0) is 14.0. The van der Waals surface area contributed by atoms with Crippen molar-refractivity contribution in [2.45, 2.75) is 6.92 Å².